The molecule has 0 spiro atoms. The molecule has 28 heavy (non-hydrogen) atoms. The lowest BCUT2D eigenvalue weighted by molar-refractivity contribution is 0.0222. The quantitative estimate of drug-likeness (QED) is 0.745. The first-order chi connectivity index (χ1) is 13.0. The average Bonchev–Trinajstić information content (AvgIpc) is 2.93. The number of halogens is 1. The van der Waals surface area contributed by atoms with Gasteiger partial charge in [0.1, 0.15) is 11.4 Å². The SMILES string of the molecule is Cn1nc(C(=O)Nc2cc(Cl)ccc2O)c2c1CCN(C(=O)OC(C)(C)C)C2. The molecule has 2 N–H and O–H groups in total. The molecule has 0 saturated carbocycles. The Balaban J connectivity index is 1.84. The van der Waals surface area contributed by atoms with Crippen LogP contribution in [0.4, 0.5) is 10.5 Å². The fourth-order valence-corrected chi connectivity index (χ4v) is 3.22. The molecule has 1 aliphatic heterocycles. The van der Waals surface area contributed by atoms with E-state index in [1.807, 2.05) is 0 Å². The van der Waals surface area contributed by atoms with Gasteiger partial charge in [0.25, 0.3) is 5.91 Å². The summed E-state index contributed by atoms with van der Waals surface area (Å²) in [6, 6.07) is 4.38. The zero-order valence-corrected chi connectivity index (χ0v) is 17.0. The van der Waals surface area contributed by atoms with Gasteiger partial charge in [0.05, 0.1) is 12.2 Å². The smallest absolute Gasteiger partial charge is 0.410 e. The number of hydrogen-bond donors (Lipinski definition) is 2. The third-order valence-corrected chi connectivity index (χ3v) is 4.55. The third-order valence-electron chi connectivity index (χ3n) is 4.32. The van der Waals surface area contributed by atoms with E-state index in [1.54, 1.807) is 37.4 Å². The summed E-state index contributed by atoms with van der Waals surface area (Å²) < 4.78 is 7.08. The van der Waals surface area contributed by atoms with Crippen molar-refractivity contribution >= 4 is 29.3 Å². The molecular formula is C19H23ClN4O4. The van der Waals surface area contributed by atoms with Gasteiger partial charge in [-0.2, -0.15) is 5.10 Å². The van der Waals surface area contributed by atoms with E-state index in [1.165, 1.54) is 18.2 Å². The molecule has 0 saturated heterocycles. The Morgan fingerprint density at radius 2 is 2.04 bits per heavy atom. The number of amides is 2. The van der Waals surface area contributed by atoms with Crippen molar-refractivity contribution in [3.63, 3.8) is 0 Å². The van der Waals surface area contributed by atoms with Crippen molar-refractivity contribution in [2.75, 3.05) is 11.9 Å². The lowest BCUT2D eigenvalue weighted by Gasteiger charge is -2.30. The highest BCUT2D eigenvalue weighted by Gasteiger charge is 2.31. The standard InChI is InChI=1S/C19H23ClN4O4/c1-19(2,3)28-18(27)24-8-7-14-12(10-24)16(22-23(14)4)17(26)21-13-9-11(20)5-6-15(13)25/h5-6,9,25H,7-8,10H2,1-4H3,(H,21,26). The van der Waals surface area contributed by atoms with Gasteiger partial charge in [0.2, 0.25) is 0 Å². The molecule has 2 heterocycles. The van der Waals surface area contributed by atoms with Crippen LogP contribution >= 0.6 is 11.6 Å². The number of carbonyl (C=O) groups is 2. The lowest BCUT2D eigenvalue weighted by Crippen LogP contribution is -2.40. The number of rotatable bonds is 2. The predicted octanol–water partition coefficient (Wildman–Crippen LogP) is 3.32. The molecule has 1 aromatic heterocycles. The summed E-state index contributed by atoms with van der Waals surface area (Å²) in [6.07, 6.45) is 0.133. The fourth-order valence-electron chi connectivity index (χ4n) is 3.05. The van der Waals surface area contributed by atoms with Gasteiger partial charge in [0.15, 0.2) is 5.69 Å². The van der Waals surface area contributed by atoms with Crippen LogP contribution in [-0.2, 0) is 24.8 Å². The minimum atomic E-state index is -0.601. The lowest BCUT2D eigenvalue weighted by atomic mass is 10.0. The van der Waals surface area contributed by atoms with Crippen molar-refractivity contribution in [2.45, 2.75) is 39.3 Å². The van der Waals surface area contributed by atoms with E-state index in [-0.39, 0.29) is 23.7 Å². The van der Waals surface area contributed by atoms with Crippen LogP contribution in [0.5, 0.6) is 5.75 Å². The highest BCUT2D eigenvalue weighted by atomic mass is 35.5. The van der Waals surface area contributed by atoms with Gasteiger partial charge >= 0.3 is 6.09 Å². The zero-order valence-electron chi connectivity index (χ0n) is 16.2. The normalized spacial score (nSPS) is 13.8. The van der Waals surface area contributed by atoms with Crippen molar-refractivity contribution in [1.29, 1.82) is 0 Å². The zero-order chi connectivity index (χ0) is 20.6. The van der Waals surface area contributed by atoms with Crippen molar-refractivity contribution < 1.29 is 19.4 Å². The number of phenols is 1. The van der Waals surface area contributed by atoms with Crippen molar-refractivity contribution in [3.05, 3.63) is 40.2 Å². The first kappa shape index (κ1) is 20.0. The van der Waals surface area contributed by atoms with E-state index in [2.05, 4.69) is 10.4 Å². The summed E-state index contributed by atoms with van der Waals surface area (Å²) in [5.41, 5.74) is 1.34. The topological polar surface area (TPSA) is 96.7 Å². The fraction of sp³-hybridized carbons (Fsp3) is 0.421. The monoisotopic (exact) mass is 406 g/mol. The number of carbonyl (C=O) groups excluding carboxylic acids is 2. The molecule has 1 aromatic carbocycles. The van der Waals surface area contributed by atoms with Crippen LogP contribution in [0.2, 0.25) is 5.02 Å². The van der Waals surface area contributed by atoms with Gasteiger partial charge < -0.3 is 20.1 Å². The maximum absolute atomic E-state index is 12.8. The van der Waals surface area contributed by atoms with Crippen LogP contribution in [0.25, 0.3) is 0 Å². The molecule has 0 bridgehead atoms. The molecule has 1 aliphatic rings. The molecular weight excluding hydrogens is 384 g/mol. The number of benzene rings is 1. The van der Waals surface area contributed by atoms with Crippen molar-refractivity contribution in [3.8, 4) is 5.75 Å². The van der Waals surface area contributed by atoms with E-state index in [9.17, 15) is 14.7 Å². The van der Waals surface area contributed by atoms with Crippen LogP contribution in [0.1, 0.15) is 42.5 Å². The van der Waals surface area contributed by atoms with Crippen LogP contribution in [-0.4, -0.2) is 43.9 Å². The number of ether oxygens (including phenoxy) is 1. The third kappa shape index (κ3) is 4.22. The summed E-state index contributed by atoms with van der Waals surface area (Å²) in [6.45, 7) is 6.13. The Hall–Kier alpha value is -2.74. The summed E-state index contributed by atoms with van der Waals surface area (Å²) in [5, 5.41) is 17.3. The van der Waals surface area contributed by atoms with Crippen LogP contribution in [0.3, 0.4) is 0 Å². The molecule has 8 nitrogen and oxygen atoms in total. The van der Waals surface area contributed by atoms with Crippen molar-refractivity contribution in [2.24, 2.45) is 7.05 Å². The summed E-state index contributed by atoms with van der Waals surface area (Å²) in [5.74, 6) is -0.585. The number of nitrogens with one attached hydrogen (secondary N) is 1. The Morgan fingerprint density at radius 3 is 2.71 bits per heavy atom. The van der Waals surface area contributed by atoms with Gasteiger partial charge in [-0.15, -0.1) is 0 Å². The van der Waals surface area contributed by atoms with Crippen molar-refractivity contribution in [1.82, 2.24) is 14.7 Å². The van der Waals surface area contributed by atoms with Gasteiger partial charge in [-0.25, -0.2) is 4.79 Å². The van der Waals surface area contributed by atoms with E-state index < -0.39 is 17.6 Å². The summed E-state index contributed by atoms with van der Waals surface area (Å²) >= 11 is 5.93. The highest BCUT2D eigenvalue weighted by molar-refractivity contribution is 6.31. The molecule has 9 heteroatoms. The highest BCUT2D eigenvalue weighted by Crippen LogP contribution is 2.29. The maximum atomic E-state index is 12.8. The van der Waals surface area contributed by atoms with E-state index in [4.69, 9.17) is 16.3 Å². The minimum Gasteiger partial charge on any atom is -0.506 e. The Labute approximate surface area is 168 Å². The summed E-state index contributed by atoms with van der Waals surface area (Å²) in [7, 11) is 1.76. The van der Waals surface area contributed by atoms with Gasteiger partial charge in [-0.05, 0) is 39.0 Å². The molecule has 0 fully saturated rings. The molecule has 0 atom stereocenters. The second-order valence-electron chi connectivity index (χ2n) is 7.66. The first-order valence-electron chi connectivity index (χ1n) is 8.87. The van der Waals surface area contributed by atoms with Crippen LogP contribution in [0.15, 0.2) is 18.2 Å². The Kier molecular flexibility index (Phi) is 5.25. The predicted molar refractivity (Wildman–Crippen MR) is 105 cm³/mol. The van der Waals surface area contributed by atoms with Gasteiger partial charge in [-0.1, -0.05) is 11.6 Å². The minimum absolute atomic E-state index is 0.0991. The van der Waals surface area contributed by atoms with E-state index in [0.29, 0.717) is 23.6 Å². The number of aromatic hydroxyl groups is 1. The number of phenolic OH excluding ortho intramolecular Hbond substituents is 1. The molecule has 0 unspecified atom stereocenters. The second-order valence-corrected chi connectivity index (χ2v) is 8.10. The Bertz CT molecular complexity index is 933. The number of aryl methyl sites for hydroxylation is 1. The number of fused-ring (bicyclic) bond motifs is 1. The molecule has 2 aromatic rings. The molecule has 150 valence electrons. The molecule has 0 aliphatic carbocycles. The number of aromatic nitrogens is 2. The number of hydrogen-bond acceptors (Lipinski definition) is 5. The van der Waals surface area contributed by atoms with Gasteiger partial charge in [0, 0.05) is 36.3 Å². The number of anilines is 1. The number of nitrogens with zero attached hydrogens (tertiary/aromatic N) is 3. The second kappa shape index (κ2) is 7.35. The first-order valence-corrected chi connectivity index (χ1v) is 9.25. The van der Waals surface area contributed by atoms with Gasteiger partial charge in [-0.3, -0.25) is 9.48 Å². The van der Waals surface area contributed by atoms with Crippen LogP contribution in [0, 0.1) is 0 Å². The average molecular weight is 407 g/mol. The largest absolute Gasteiger partial charge is 0.506 e. The van der Waals surface area contributed by atoms with E-state index >= 15 is 0 Å². The summed E-state index contributed by atoms with van der Waals surface area (Å²) in [4.78, 5) is 26.8. The maximum Gasteiger partial charge on any atom is 0.410 e. The molecule has 3 rings (SSSR count). The Morgan fingerprint density at radius 1 is 1.32 bits per heavy atom. The van der Waals surface area contributed by atoms with Crippen LogP contribution < -0.4 is 5.32 Å². The van der Waals surface area contributed by atoms with E-state index in [0.717, 1.165) is 5.69 Å². The molecule has 2 amide bonds. The molecule has 0 radical (unpaired) electrons.